The molecule has 0 aromatic heterocycles. The number of hydrogen-bond donors (Lipinski definition) is 2. The predicted molar refractivity (Wildman–Crippen MR) is 72.7 cm³/mol. The Hall–Kier alpha value is -0.770. The van der Waals surface area contributed by atoms with Crippen LogP contribution in [0.3, 0.4) is 0 Å². The summed E-state index contributed by atoms with van der Waals surface area (Å²) in [5.74, 6) is 1.84. The van der Waals surface area contributed by atoms with Crippen molar-refractivity contribution in [3.05, 3.63) is 0 Å². The molecule has 4 nitrogen and oxygen atoms in total. The van der Waals surface area contributed by atoms with Gasteiger partial charge in [-0.2, -0.15) is 0 Å². The Labute approximate surface area is 110 Å². The summed E-state index contributed by atoms with van der Waals surface area (Å²) in [5, 5.41) is 7.09. The summed E-state index contributed by atoms with van der Waals surface area (Å²) in [6.07, 6.45) is 8.45. The van der Waals surface area contributed by atoms with Crippen LogP contribution in [0.5, 0.6) is 0 Å². The van der Waals surface area contributed by atoms with Crippen molar-refractivity contribution >= 4 is 5.96 Å². The second-order valence-electron chi connectivity index (χ2n) is 5.97. The van der Waals surface area contributed by atoms with Gasteiger partial charge < -0.3 is 15.4 Å². The number of fused-ring (bicyclic) bond motifs is 2. The van der Waals surface area contributed by atoms with Gasteiger partial charge in [-0.25, -0.2) is 0 Å². The van der Waals surface area contributed by atoms with Crippen LogP contribution >= 0.6 is 0 Å². The number of hydrogen-bond acceptors (Lipinski definition) is 2. The molecule has 0 radical (unpaired) electrons. The minimum Gasteiger partial charge on any atom is -0.373 e. The maximum Gasteiger partial charge on any atom is 0.191 e. The van der Waals surface area contributed by atoms with Gasteiger partial charge in [-0.05, 0) is 38.0 Å². The van der Waals surface area contributed by atoms with Gasteiger partial charge in [-0.3, -0.25) is 4.99 Å². The molecule has 102 valence electrons. The standard InChI is InChI=1S/C14H25N3O/c1-3-4-9-7-11(9)16-14(15-2)17-12-8-10-5-6-13(12)18-10/h9-13H,3-8H2,1-2H3,(H2,15,16,17). The lowest BCUT2D eigenvalue weighted by atomic mass is 9.96. The van der Waals surface area contributed by atoms with Gasteiger partial charge in [-0.1, -0.05) is 13.3 Å². The molecule has 1 saturated carbocycles. The first kappa shape index (κ1) is 12.3. The van der Waals surface area contributed by atoms with Gasteiger partial charge in [0.15, 0.2) is 5.96 Å². The van der Waals surface area contributed by atoms with Crippen LogP contribution in [0.2, 0.25) is 0 Å². The molecule has 3 rings (SSSR count). The molecule has 2 saturated heterocycles. The Bertz CT molecular complexity index is 331. The fourth-order valence-corrected chi connectivity index (χ4v) is 3.43. The molecule has 3 aliphatic rings. The molecule has 4 heteroatoms. The Balaban J connectivity index is 1.46. The number of aliphatic imine (C=N–C) groups is 1. The van der Waals surface area contributed by atoms with E-state index >= 15 is 0 Å². The molecule has 0 aromatic rings. The highest BCUT2D eigenvalue weighted by Gasteiger charge is 2.42. The van der Waals surface area contributed by atoms with Gasteiger partial charge >= 0.3 is 0 Å². The van der Waals surface area contributed by atoms with Crippen LogP contribution in [0, 0.1) is 5.92 Å². The lowest BCUT2D eigenvalue weighted by Gasteiger charge is -2.22. The van der Waals surface area contributed by atoms with E-state index in [2.05, 4.69) is 22.5 Å². The number of ether oxygens (including phenoxy) is 1. The van der Waals surface area contributed by atoms with E-state index in [1.165, 1.54) is 32.1 Å². The van der Waals surface area contributed by atoms with Gasteiger partial charge in [0.05, 0.1) is 18.2 Å². The molecule has 0 amide bonds. The van der Waals surface area contributed by atoms with Crippen molar-refractivity contribution in [1.82, 2.24) is 10.6 Å². The monoisotopic (exact) mass is 251 g/mol. The Morgan fingerprint density at radius 3 is 2.67 bits per heavy atom. The summed E-state index contributed by atoms with van der Waals surface area (Å²) in [6.45, 7) is 2.26. The maximum atomic E-state index is 5.87. The molecule has 18 heavy (non-hydrogen) atoms. The lowest BCUT2D eigenvalue weighted by molar-refractivity contribution is 0.0992. The van der Waals surface area contributed by atoms with E-state index in [-0.39, 0.29) is 0 Å². The zero-order chi connectivity index (χ0) is 12.5. The number of nitrogens with zero attached hydrogens (tertiary/aromatic N) is 1. The average Bonchev–Trinajstić information content (AvgIpc) is 2.80. The van der Waals surface area contributed by atoms with E-state index in [0.717, 1.165) is 18.3 Å². The second kappa shape index (κ2) is 5.08. The normalized spacial score (nSPS) is 42.1. The largest absolute Gasteiger partial charge is 0.373 e. The third-order valence-corrected chi connectivity index (χ3v) is 4.56. The van der Waals surface area contributed by atoms with Gasteiger partial charge in [0.25, 0.3) is 0 Å². The number of nitrogens with one attached hydrogen (secondary N) is 2. The molecule has 5 atom stereocenters. The molecule has 2 N–H and O–H groups in total. The van der Waals surface area contributed by atoms with E-state index < -0.39 is 0 Å². The predicted octanol–water partition coefficient (Wildman–Crippen LogP) is 1.66. The van der Waals surface area contributed by atoms with Crippen LogP contribution in [-0.4, -0.2) is 37.3 Å². The Morgan fingerprint density at radius 1 is 1.22 bits per heavy atom. The summed E-state index contributed by atoms with van der Waals surface area (Å²) < 4.78 is 5.87. The molecule has 2 bridgehead atoms. The molecule has 2 heterocycles. The van der Waals surface area contributed by atoms with Crippen molar-refractivity contribution in [3.63, 3.8) is 0 Å². The van der Waals surface area contributed by atoms with Crippen molar-refractivity contribution in [2.45, 2.75) is 69.7 Å². The minimum atomic E-state index is 0.416. The van der Waals surface area contributed by atoms with Gasteiger partial charge in [-0.15, -0.1) is 0 Å². The second-order valence-corrected chi connectivity index (χ2v) is 5.97. The summed E-state index contributed by atoms with van der Waals surface area (Å²) >= 11 is 0. The fraction of sp³-hybridized carbons (Fsp3) is 0.929. The first-order chi connectivity index (χ1) is 8.80. The van der Waals surface area contributed by atoms with Crippen LogP contribution in [-0.2, 0) is 4.74 Å². The van der Waals surface area contributed by atoms with Crippen molar-refractivity contribution in [1.29, 1.82) is 0 Å². The van der Waals surface area contributed by atoms with E-state index in [9.17, 15) is 0 Å². The zero-order valence-electron chi connectivity index (χ0n) is 11.5. The quantitative estimate of drug-likeness (QED) is 0.590. The first-order valence-corrected chi connectivity index (χ1v) is 7.45. The summed E-state index contributed by atoms with van der Waals surface area (Å²) in [7, 11) is 1.86. The fourth-order valence-electron chi connectivity index (χ4n) is 3.43. The third kappa shape index (κ3) is 2.48. The van der Waals surface area contributed by atoms with Crippen LogP contribution < -0.4 is 10.6 Å². The van der Waals surface area contributed by atoms with E-state index in [1.54, 1.807) is 0 Å². The van der Waals surface area contributed by atoms with Gasteiger partial charge in [0.1, 0.15) is 0 Å². The maximum absolute atomic E-state index is 5.87. The zero-order valence-corrected chi connectivity index (χ0v) is 11.5. The summed E-state index contributed by atoms with van der Waals surface area (Å²) in [6, 6.07) is 1.12. The first-order valence-electron chi connectivity index (χ1n) is 7.45. The number of guanidine groups is 1. The van der Waals surface area contributed by atoms with E-state index in [1.807, 2.05) is 7.05 Å². The molecule has 1 aliphatic carbocycles. The van der Waals surface area contributed by atoms with E-state index in [0.29, 0.717) is 24.3 Å². The van der Waals surface area contributed by atoms with Gasteiger partial charge in [0, 0.05) is 13.1 Å². The van der Waals surface area contributed by atoms with Crippen molar-refractivity contribution in [2.75, 3.05) is 7.05 Å². The minimum absolute atomic E-state index is 0.416. The van der Waals surface area contributed by atoms with Crippen molar-refractivity contribution in [2.24, 2.45) is 10.9 Å². The third-order valence-electron chi connectivity index (χ3n) is 4.56. The van der Waals surface area contributed by atoms with Gasteiger partial charge in [0.2, 0.25) is 0 Å². The number of rotatable bonds is 4. The van der Waals surface area contributed by atoms with Crippen LogP contribution in [0.1, 0.15) is 45.4 Å². The molecule has 0 spiro atoms. The highest BCUT2D eigenvalue weighted by Crippen LogP contribution is 2.35. The van der Waals surface area contributed by atoms with E-state index in [4.69, 9.17) is 4.74 Å². The van der Waals surface area contributed by atoms with Crippen LogP contribution in [0.25, 0.3) is 0 Å². The highest BCUT2D eigenvalue weighted by molar-refractivity contribution is 5.80. The Kier molecular flexibility index (Phi) is 3.46. The smallest absolute Gasteiger partial charge is 0.191 e. The summed E-state index contributed by atoms with van der Waals surface area (Å²) in [4.78, 5) is 4.35. The Morgan fingerprint density at radius 2 is 2.06 bits per heavy atom. The molecule has 2 aliphatic heterocycles. The molecule has 0 aromatic carbocycles. The van der Waals surface area contributed by atoms with Crippen LogP contribution in [0.15, 0.2) is 4.99 Å². The molecular weight excluding hydrogens is 226 g/mol. The molecular formula is C14H25N3O. The lowest BCUT2D eigenvalue weighted by Crippen LogP contribution is -2.48. The van der Waals surface area contributed by atoms with Crippen molar-refractivity contribution < 1.29 is 4.74 Å². The molecule has 5 unspecified atom stereocenters. The van der Waals surface area contributed by atoms with Crippen LogP contribution in [0.4, 0.5) is 0 Å². The van der Waals surface area contributed by atoms with Crippen molar-refractivity contribution in [3.8, 4) is 0 Å². The topological polar surface area (TPSA) is 45.7 Å². The summed E-state index contributed by atoms with van der Waals surface area (Å²) in [5.41, 5.74) is 0. The molecule has 3 fully saturated rings. The average molecular weight is 251 g/mol. The highest BCUT2D eigenvalue weighted by atomic mass is 16.5. The SMILES string of the molecule is CCCC1CC1NC(=NC)NC1CC2CCC1O2.